The van der Waals surface area contributed by atoms with Crippen LogP contribution in [0, 0.1) is 0 Å². The summed E-state index contributed by atoms with van der Waals surface area (Å²) in [5.41, 5.74) is 0.554. The average Bonchev–Trinajstić information content (AvgIpc) is 3.42. The van der Waals surface area contributed by atoms with Crippen molar-refractivity contribution in [2.45, 2.75) is 43.4 Å². The topological polar surface area (TPSA) is 145 Å². The first-order chi connectivity index (χ1) is 15.6. The van der Waals surface area contributed by atoms with Gasteiger partial charge in [0, 0.05) is 22.7 Å². The Morgan fingerprint density at radius 1 is 0.818 bits per heavy atom. The first-order valence-electron chi connectivity index (χ1n) is 9.26. The highest BCUT2D eigenvalue weighted by molar-refractivity contribution is 8.05. The number of carbonyl (C=O) groups is 2. The molecular weight excluding hydrogens is 529 g/mol. The lowest BCUT2D eigenvalue weighted by Gasteiger charge is -2.09. The summed E-state index contributed by atoms with van der Waals surface area (Å²) in [4.78, 5) is 22.7. The number of hydrogen-bond acceptors (Lipinski definition) is 15. The van der Waals surface area contributed by atoms with Crippen LogP contribution in [0.4, 0.5) is 0 Å². The van der Waals surface area contributed by atoms with E-state index >= 15 is 0 Å². The van der Waals surface area contributed by atoms with Gasteiger partial charge in [0.05, 0.1) is 12.2 Å². The Hall–Kier alpha value is -1.49. The molecule has 0 spiro atoms. The number of aliphatic hydroxyl groups excluding tert-OH is 2. The molecule has 0 saturated carbocycles. The molecule has 180 valence electrons. The number of ether oxygens (including phenoxy) is 2. The lowest BCUT2D eigenvalue weighted by Crippen LogP contribution is -2.21. The van der Waals surface area contributed by atoms with Crippen LogP contribution in [0.3, 0.4) is 0 Å². The Morgan fingerprint density at radius 2 is 1.18 bits per heavy atom. The van der Waals surface area contributed by atoms with Crippen LogP contribution < -0.4 is 0 Å². The molecule has 0 aromatic carbocycles. The van der Waals surface area contributed by atoms with Gasteiger partial charge in [-0.25, -0.2) is 9.59 Å². The number of nitrogens with zero attached hydrogens (tertiary/aromatic N) is 4. The van der Waals surface area contributed by atoms with E-state index in [1.165, 1.54) is 71.8 Å². The van der Waals surface area contributed by atoms with Gasteiger partial charge in [-0.1, -0.05) is 59.4 Å². The van der Waals surface area contributed by atoms with Crippen LogP contribution in [0.5, 0.6) is 0 Å². The summed E-state index contributed by atoms with van der Waals surface area (Å²) in [7, 11) is 0. The summed E-state index contributed by atoms with van der Waals surface area (Å²) < 4.78 is 12.5. The first kappa shape index (κ1) is 27.8. The van der Waals surface area contributed by atoms with Gasteiger partial charge in [0.15, 0.2) is 17.4 Å². The fraction of sp³-hybridized carbons (Fsp3) is 0.444. The van der Waals surface area contributed by atoms with Crippen molar-refractivity contribution in [3.05, 3.63) is 24.3 Å². The monoisotopic (exact) mass is 550 g/mol. The van der Waals surface area contributed by atoms with Gasteiger partial charge in [-0.15, -0.1) is 20.4 Å². The molecule has 2 aromatic heterocycles. The zero-order valence-corrected chi connectivity index (χ0v) is 21.8. The normalized spacial score (nSPS) is 12.7. The number of hydrogen-bond donors (Lipinski definition) is 2. The first-order valence-corrected chi connectivity index (χ1v) is 13.7. The maximum atomic E-state index is 11.3. The van der Waals surface area contributed by atoms with Gasteiger partial charge < -0.3 is 19.7 Å². The van der Waals surface area contributed by atoms with Crippen molar-refractivity contribution >= 4 is 69.9 Å². The third-order valence-electron chi connectivity index (χ3n) is 3.26. The van der Waals surface area contributed by atoms with Crippen molar-refractivity contribution in [2.75, 3.05) is 24.7 Å². The highest BCUT2D eigenvalue weighted by Gasteiger charge is 2.15. The van der Waals surface area contributed by atoms with Crippen molar-refractivity contribution in [1.82, 2.24) is 20.4 Å². The molecule has 0 saturated heterocycles. The second-order valence-corrected chi connectivity index (χ2v) is 12.4. The van der Waals surface area contributed by atoms with E-state index in [1.54, 1.807) is 0 Å². The zero-order valence-electron chi connectivity index (χ0n) is 17.8. The summed E-state index contributed by atoms with van der Waals surface area (Å²) in [6.45, 7) is 9.81. The molecule has 0 aliphatic heterocycles. The van der Waals surface area contributed by atoms with Gasteiger partial charge in [0.1, 0.15) is 13.2 Å². The molecule has 0 aliphatic carbocycles. The van der Waals surface area contributed by atoms with E-state index in [1.807, 2.05) is 0 Å². The summed E-state index contributed by atoms with van der Waals surface area (Å²) in [6.07, 6.45) is -1.67. The van der Waals surface area contributed by atoms with Gasteiger partial charge in [0.2, 0.25) is 0 Å². The van der Waals surface area contributed by atoms with Crippen LogP contribution in [0.15, 0.2) is 41.7 Å². The molecule has 2 atom stereocenters. The zero-order chi connectivity index (χ0) is 24.4. The van der Waals surface area contributed by atoms with E-state index in [4.69, 9.17) is 9.47 Å². The summed E-state index contributed by atoms with van der Waals surface area (Å²) in [6, 6.07) is 0. The minimum Gasteiger partial charge on any atom is -0.460 e. The third-order valence-corrected chi connectivity index (χ3v) is 8.76. The molecule has 2 heterocycles. The van der Waals surface area contributed by atoms with Crippen LogP contribution in [-0.4, -0.2) is 79.5 Å². The summed E-state index contributed by atoms with van der Waals surface area (Å²) in [5.74, 6) is -0.480. The fourth-order valence-corrected chi connectivity index (χ4v) is 6.80. The SMILES string of the molecule is C=C(C)C(=O)OCC(O)CSc1nnc(Sc2nnc(SCC(O)COC(=O)C(=C)C)s2)s1. The standard InChI is InChI=1S/C18H22N4O6S5/c1-9(2)13(25)27-5-11(23)7-29-15-19-21-17(31-15)33-18-22-20-16(32-18)30-8-12(24)6-28-14(26)10(3)4/h11-12,23-24H,1,3,5-8H2,2,4H3. The molecule has 0 radical (unpaired) electrons. The van der Waals surface area contributed by atoms with E-state index in [9.17, 15) is 19.8 Å². The predicted octanol–water partition coefficient (Wildman–Crippen LogP) is 2.69. The Bertz CT molecular complexity index is 905. The minimum atomic E-state index is -0.833. The largest absolute Gasteiger partial charge is 0.460 e. The van der Waals surface area contributed by atoms with Crippen LogP contribution >= 0.6 is 58.0 Å². The molecule has 0 bridgehead atoms. The summed E-state index contributed by atoms with van der Waals surface area (Å²) >= 11 is 6.62. The third kappa shape index (κ3) is 10.5. The van der Waals surface area contributed by atoms with Crippen molar-refractivity contribution in [3.8, 4) is 0 Å². The second-order valence-electron chi connectivity index (χ2n) is 6.46. The molecule has 10 nitrogen and oxygen atoms in total. The van der Waals surface area contributed by atoms with Crippen molar-refractivity contribution < 1.29 is 29.3 Å². The molecule has 2 rings (SSSR count). The van der Waals surface area contributed by atoms with Crippen LogP contribution in [0.1, 0.15) is 13.8 Å². The molecule has 33 heavy (non-hydrogen) atoms. The van der Waals surface area contributed by atoms with Crippen molar-refractivity contribution in [3.63, 3.8) is 0 Å². The molecular formula is C18H22N4O6S5. The number of carbonyl (C=O) groups excluding carboxylic acids is 2. The maximum absolute atomic E-state index is 11.3. The summed E-state index contributed by atoms with van der Waals surface area (Å²) in [5, 5.41) is 36.2. The average molecular weight is 551 g/mol. The second kappa shape index (κ2) is 14.0. The number of aromatic nitrogens is 4. The van der Waals surface area contributed by atoms with Crippen molar-refractivity contribution in [2.24, 2.45) is 0 Å². The molecule has 0 aliphatic rings. The molecule has 2 unspecified atom stereocenters. The number of rotatable bonds is 14. The number of aliphatic hydroxyl groups is 2. The van der Waals surface area contributed by atoms with Gasteiger partial charge >= 0.3 is 11.9 Å². The van der Waals surface area contributed by atoms with E-state index in [0.717, 1.165) is 0 Å². The fourth-order valence-electron chi connectivity index (χ4n) is 1.69. The lowest BCUT2D eigenvalue weighted by molar-refractivity contribution is -0.142. The smallest absolute Gasteiger partial charge is 0.333 e. The van der Waals surface area contributed by atoms with Crippen LogP contribution in [0.25, 0.3) is 0 Å². The van der Waals surface area contributed by atoms with Crippen LogP contribution in [0.2, 0.25) is 0 Å². The quantitative estimate of drug-likeness (QED) is 0.202. The predicted molar refractivity (Wildman–Crippen MR) is 129 cm³/mol. The minimum absolute atomic E-state index is 0.116. The van der Waals surface area contributed by atoms with Gasteiger partial charge in [0.25, 0.3) is 0 Å². The highest BCUT2D eigenvalue weighted by Crippen LogP contribution is 2.37. The molecule has 15 heteroatoms. The van der Waals surface area contributed by atoms with Gasteiger partial charge in [-0.2, -0.15) is 0 Å². The lowest BCUT2D eigenvalue weighted by atomic mass is 10.3. The molecule has 2 aromatic rings. The molecule has 0 amide bonds. The maximum Gasteiger partial charge on any atom is 0.333 e. The van der Waals surface area contributed by atoms with Gasteiger partial charge in [-0.3, -0.25) is 0 Å². The van der Waals surface area contributed by atoms with E-state index in [-0.39, 0.29) is 24.4 Å². The van der Waals surface area contributed by atoms with Gasteiger partial charge in [-0.05, 0) is 25.6 Å². The molecule has 2 N–H and O–H groups in total. The Labute approximate surface area is 211 Å². The highest BCUT2D eigenvalue weighted by atomic mass is 32.2. The Kier molecular flexibility index (Phi) is 11.8. The van der Waals surface area contributed by atoms with E-state index in [2.05, 4.69) is 33.6 Å². The van der Waals surface area contributed by atoms with Crippen molar-refractivity contribution in [1.29, 1.82) is 0 Å². The Balaban J connectivity index is 1.72. The Morgan fingerprint density at radius 3 is 1.55 bits per heavy atom. The van der Waals surface area contributed by atoms with E-state index < -0.39 is 24.1 Å². The van der Waals surface area contributed by atoms with E-state index in [0.29, 0.717) is 28.9 Å². The number of thioether (sulfide) groups is 2. The van der Waals surface area contributed by atoms with Crippen LogP contribution in [-0.2, 0) is 19.1 Å². The number of esters is 2. The molecule has 0 fully saturated rings.